The second kappa shape index (κ2) is 1.58. The number of carbonyl (C=O) groups excluding carboxylic acids is 2. The van der Waals surface area contributed by atoms with Crippen LogP contribution in [0.3, 0.4) is 0 Å². The fourth-order valence-corrected chi connectivity index (χ4v) is 0.636. The molecule has 0 radical (unpaired) electrons. The molecule has 2 unspecified atom stereocenters. The molecule has 1 fully saturated rings. The van der Waals surface area contributed by atoms with Crippen molar-refractivity contribution in [2.75, 3.05) is 0 Å². The summed E-state index contributed by atoms with van der Waals surface area (Å²) in [5.41, 5.74) is 0. The topological polar surface area (TPSA) is 57.2 Å². The number of rotatable bonds is 2. The van der Waals surface area contributed by atoms with Crippen LogP contribution in [0.4, 0.5) is 0 Å². The molecule has 0 bridgehead atoms. The summed E-state index contributed by atoms with van der Waals surface area (Å²) in [6, 6.07) is 0. The second-order valence-corrected chi connectivity index (χ2v) is 1.96. The molecule has 0 aliphatic heterocycles. The van der Waals surface area contributed by atoms with E-state index in [1.54, 1.807) is 0 Å². The minimum Gasteiger partial charge on any atom is -0.550 e. The van der Waals surface area contributed by atoms with E-state index in [0.717, 1.165) is 0 Å². The highest BCUT2D eigenvalue weighted by Crippen LogP contribution is 2.35. The van der Waals surface area contributed by atoms with Gasteiger partial charge in [0, 0.05) is 17.8 Å². The number of carboxylic acids is 1. The van der Waals surface area contributed by atoms with Crippen molar-refractivity contribution >= 4 is 12.3 Å². The summed E-state index contributed by atoms with van der Waals surface area (Å²) in [5, 5.41) is 9.86. The van der Waals surface area contributed by atoms with E-state index in [0.29, 0.717) is 12.7 Å². The first-order valence-corrected chi connectivity index (χ1v) is 2.42. The Kier molecular flexibility index (Phi) is 1.04. The van der Waals surface area contributed by atoms with Crippen LogP contribution in [0.15, 0.2) is 0 Å². The summed E-state index contributed by atoms with van der Waals surface area (Å²) >= 11 is 0. The van der Waals surface area contributed by atoms with Gasteiger partial charge in [-0.25, -0.2) is 0 Å². The fraction of sp³-hybridized carbons (Fsp3) is 0.600. The highest BCUT2D eigenvalue weighted by Gasteiger charge is 2.37. The molecule has 1 aliphatic rings. The lowest BCUT2D eigenvalue weighted by atomic mass is 10.3. The predicted octanol–water partition coefficient (Wildman–Crippen LogP) is -1.43. The number of carboxylic acid groups (broad SMARTS) is 1. The summed E-state index contributed by atoms with van der Waals surface area (Å²) in [6.07, 6.45) is 1.15. The van der Waals surface area contributed by atoms with Crippen LogP contribution in [0.25, 0.3) is 0 Å². The molecule has 8 heavy (non-hydrogen) atoms. The van der Waals surface area contributed by atoms with Crippen LogP contribution >= 0.6 is 0 Å². The van der Waals surface area contributed by atoms with Gasteiger partial charge in [0.2, 0.25) is 0 Å². The lowest BCUT2D eigenvalue weighted by Gasteiger charge is -1.92. The van der Waals surface area contributed by atoms with E-state index in [1.165, 1.54) is 0 Å². The fourth-order valence-electron chi connectivity index (χ4n) is 0.636. The van der Waals surface area contributed by atoms with E-state index in [9.17, 15) is 14.7 Å². The van der Waals surface area contributed by atoms with Gasteiger partial charge < -0.3 is 14.7 Å². The van der Waals surface area contributed by atoms with Gasteiger partial charge in [-0.2, -0.15) is 0 Å². The lowest BCUT2D eigenvalue weighted by molar-refractivity contribution is -0.308. The first-order valence-electron chi connectivity index (χ1n) is 2.42. The Bertz CT molecular complexity index is 130. The van der Waals surface area contributed by atoms with Crippen LogP contribution in [0, 0.1) is 11.8 Å². The van der Waals surface area contributed by atoms with Crippen LogP contribution in [0.5, 0.6) is 0 Å². The molecule has 0 spiro atoms. The van der Waals surface area contributed by atoms with E-state index in [-0.39, 0.29) is 5.92 Å². The van der Waals surface area contributed by atoms with Crippen molar-refractivity contribution in [3.8, 4) is 0 Å². The normalized spacial score (nSPS) is 34.0. The maximum absolute atomic E-state index is 9.86. The molecule has 44 valence electrons. The Morgan fingerprint density at radius 2 is 2.38 bits per heavy atom. The molecular weight excluding hydrogens is 108 g/mol. The Morgan fingerprint density at radius 1 is 1.75 bits per heavy atom. The monoisotopic (exact) mass is 113 g/mol. The van der Waals surface area contributed by atoms with E-state index < -0.39 is 11.9 Å². The van der Waals surface area contributed by atoms with Gasteiger partial charge in [0.25, 0.3) is 0 Å². The molecule has 3 heteroatoms. The van der Waals surface area contributed by atoms with Gasteiger partial charge in [0.05, 0.1) is 0 Å². The van der Waals surface area contributed by atoms with Crippen LogP contribution in [0.2, 0.25) is 0 Å². The lowest BCUT2D eigenvalue weighted by Crippen LogP contribution is -2.25. The van der Waals surface area contributed by atoms with Crippen molar-refractivity contribution in [3.63, 3.8) is 0 Å². The summed E-state index contributed by atoms with van der Waals surface area (Å²) < 4.78 is 0. The summed E-state index contributed by atoms with van der Waals surface area (Å²) in [4.78, 5) is 19.7. The van der Waals surface area contributed by atoms with Crippen molar-refractivity contribution in [2.24, 2.45) is 11.8 Å². The number of carbonyl (C=O) groups is 2. The molecule has 0 aromatic rings. The molecule has 2 atom stereocenters. The number of hydrogen-bond donors (Lipinski definition) is 0. The number of aliphatic carboxylic acids is 1. The maximum Gasteiger partial charge on any atom is 0.123 e. The molecule has 1 rings (SSSR count). The third kappa shape index (κ3) is 0.710. The maximum atomic E-state index is 9.86. The molecular formula is C5H5O3-. The van der Waals surface area contributed by atoms with Crippen molar-refractivity contribution in [3.05, 3.63) is 0 Å². The zero-order valence-corrected chi connectivity index (χ0v) is 4.16. The van der Waals surface area contributed by atoms with E-state index in [4.69, 9.17) is 0 Å². The van der Waals surface area contributed by atoms with Crippen LogP contribution in [-0.2, 0) is 9.59 Å². The zero-order chi connectivity index (χ0) is 6.15. The van der Waals surface area contributed by atoms with Gasteiger partial charge in [0.1, 0.15) is 6.29 Å². The molecule has 1 saturated carbocycles. The van der Waals surface area contributed by atoms with Gasteiger partial charge in [-0.05, 0) is 6.42 Å². The highest BCUT2D eigenvalue weighted by molar-refractivity contribution is 5.78. The van der Waals surface area contributed by atoms with Crippen molar-refractivity contribution in [2.45, 2.75) is 6.42 Å². The summed E-state index contributed by atoms with van der Waals surface area (Å²) in [6.45, 7) is 0. The molecule has 0 aromatic heterocycles. The van der Waals surface area contributed by atoms with Gasteiger partial charge >= 0.3 is 0 Å². The van der Waals surface area contributed by atoms with E-state index >= 15 is 0 Å². The Hall–Kier alpha value is -0.860. The largest absolute Gasteiger partial charge is 0.550 e. The molecule has 0 saturated heterocycles. The standard InChI is InChI=1S/C5H6O3/c6-2-3-1-4(3)5(7)8/h2-4H,1H2,(H,7,8)/p-1. The van der Waals surface area contributed by atoms with Crippen LogP contribution in [-0.4, -0.2) is 12.3 Å². The Morgan fingerprint density at radius 3 is 2.50 bits per heavy atom. The molecule has 0 heterocycles. The third-order valence-electron chi connectivity index (χ3n) is 1.32. The summed E-state index contributed by atoms with van der Waals surface area (Å²) in [7, 11) is 0. The Balaban J connectivity index is 2.36. The third-order valence-corrected chi connectivity index (χ3v) is 1.32. The molecule has 0 N–H and O–H groups in total. The van der Waals surface area contributed by atoms with Gasteiger partial charge in [-0.3, -0.25) is 0 Å². The Labute approximate surface area is 46.3 Å². The van der Waals surface area contributed by atoms with Crippen molar-refractivity contribution in [1.29, 1.82) is 0 Å². The van der Waals surface area contributed by atoms with Crippen molar-refractivity contribution < 1.29 is 14.7 Å². The van der Waals surface area contributed by atoms with Gasteiger partial charge in [-0.1, -0.05) is 0 Å². The van der Waals surface area contributed by atoms with Crippen LogP contribution < -0.4 is 5.11 Å². The zero-order valence-electron chi connectivity index (χ0n) is 4.16. The number of hydrogen-bond acceptors (Lipinski definition) is 3. The minimum absolute atomic E-state index is 0.250. The molecule has 3 nitrogen and oxygen atoms in total. The number of aldehydes is 1. The molecule has 1 aliphatic carbocycles. The smallest absolute Gasteiger partial charge is 0.123 e. The molecule has 0 amide bonds. The predicted molar refractivity (Wildman–Crippen MR) is 22.7 cm³/mol. The van der Waals surface area contributed by atoms with Gasteiger partial charge in [0.15, 0.2) is 0 Å². The minimum atomic E-state index is -1.10. The van der Waals surface area contributed by atoms with Crippen LogP contribution in [0.1, 0.15) is 6.42 Å². The van der Waals surface area contributed by atoms with E-state index in [1.807, 2.05) is 0 Å². The molecule has 0 aromatic carbocycles. The first kappa shape index (κ1) is 5.28. The SMILES string of the molecule is O=CC1CC1C(=O)[O-]. The first-order chi connectivity index (χ1) is 3.75. The summed E-state index contributed by atoms with van der Waals surface area (Å²) in [5.74, 6) is -1.82. The second-order valence-electron chi connectivity index (χ2n) is 1.96. The highest BCUT2D eigenvalue weighted by atomic mass is 16.4. The average Bonchev–Trinajstić information content (AvgIpc) is 2.42. The average molecular weight is 113 g/mol. The van der Waals surface area contributed by atoms with Gasteiger partial charge in [-0.15, -0.1) is 0 Å². The van der Waals surface area contributed by atoms with Crippen molar-refractivity contribution in [1.82, 2.24) is 0 Å². The quantitative estimate of drug-likeness (QED) is 0.412. The van der Waals surface area contributed by atoms with E-state index in [2.05, 4.69) is 0 Å².